The van der Waals surface area contributed by atoms with Crippen LogP contribution in [0.25, 0.3) is 38.5 Å². The minimum Gasteiger partial charge on any atom is -0.506 e. The third kappa shape index (κ3) is 4.06. The summed E-state index contributed by atoms with van der Waals surface area (Å²) in [5.74, 6) is 2.11. The highest BCUT2D eigenvalue weighted by atomic mass is 16.5. The van der Waals surface area contributed by atoms with Gasteiger partial charge in [0.25, 0.3) is 0 Å². The van der Waals surface area contributed by atoms with E-state index in [0.717, 1.165) is 39.7 Å². The predicted molar refractivity (Wildman–Crippen MR) is 150 cm³/mol. The molecule has 184 valence electrons. The maximum absolute atomic E-state index is 10.2. The summed E-state index contributed by atoms with van der Waals surface area (Å²) in [7, 11) is 0. The van der Waals surface area contributed by atoms with Gasteiger partial charge >= 0.3 is 0 Å². The van der Waals surface area contributed by atoms with Crippen LogP contribution >= 0.6 is 0 Å². The summed E-state index contributed by atoms with van der Waals surface area (Å²) in [6.07, 6.45) is 0.869. The van der Waals surface area contributed by atoms with Gasteiger partial charge in [-0.2, -0.15) is 0 Å². The lowest BCUT2D eigenvalue weighted by Gasteiger charge is -2.19. The predicted octanol–water partition coefficient (Wildman–Crippen LogP) is 8.08. The number of nitrogens with zero attached hydrogens (tertiary/aromatic N) is 3. The van der Waals surface area contributed by atoms with Crippen molar-refractivity contribution in [1.82, 2.24) is 14.5 Å². The number of pyridine rings is 2. The number of phenolic OH excluding ortho intramolecular Hbond substituents is 1. The lowest BCUT2D eigenvalue weighted by atomic mass is 9.86. The Labute approximate surface area is 216 Å². The molecule has 3 aromatic carbocycles. The van der Waals surface area contributed by atoms with Gasteiger partial charge in [-0.25, -0.2) is 9.97 Å². The van der Waals surface area contributed by atoms with Gasteiger partial charge in [0.05, 0.1) is 11.0 Å². The standard InChI is InChI=1S/C32H29N3O2/c1-5-22-9-7-11-29(33-22)35-26-16-13-21(32(2,3)4)18-25(26)24-15-14-23(19-27(24)35)37-30-17-12-20-8-6-10-28(36)31(20)34-30/h6-19,36H,5H2,1-4H3. The zero-order valence-electron chi connectivity index (χ0n) is 21.5. The number of hydrogen-bond donors (Lipinski definition) is 1. The van der Waals surface area contributed by atoms with E-state index in [9.17, 15) is 5.11 Å². The van der Waals surface area contributed by atoms with Crippen LogP contribution in [0, 0.1) is 0 Å². The maximum Gasteiger partial charge on any atom is 0.219 e. The fourth-order valence-electron chi connectivity index (χ4n) is 4.86. The minimum absolute atomic E-state index is 0.0410. The summed E-state index contributed by atoms with van der Waals surface area (Å²) >= 11 is 0. The second kappa shape index (κ2) is 8.63. The molecule has 6 aromatic rings. The first-order valence-electron chi connectivity index (χ1n) is 12.6. The van der Waals surface area contributed by atoms with Crippen molar-refractivity contribution in [2.24, 2.45) is 0 Å². The Bertz CT molecular complexity index is 1790. The molecule has 0 aliphatic carbocycles. The van der Waals surface area contributed by atoms with E-state index in [1.54, 1.807) is 12.1 Å². The topological polar surface area (TPSA) is 60.2 Å². The average Bonchev–Trinajstić information content (AvgIpc) is 3.21. The van der Waals surface area contributed by atoms with Crippen molar-refractivity contribution in [3.05, 3.63) is 96.2 Å². The number of phenols is 1. The summed E-state index contributed by atoms with van der Waals surface area (Å²) in [5.41, 5.74) is 5.02. The van der Waals surface area contributed by atoms with Crippen LogP contribution in [0.15, 0.2) is 84.9 Å². The maximum atomic E-state index is 10.2. The van der Waals surface area contributed by atoms with Crippen molar-refractivity contribution in [3.63, 3.8) is 0 Å². The summed E-state index contributed by atoms with van der Waals surface area (Å²) in [6, 6.07) is 28.1. The van der Waals surface area contributed by atoms with Gasteiger partial charge in [-0.1, -0.05) is 52.0 Å². The second-order valence-electron chi connectivity index (χ2n) is 10.4. The highest BCUT2D eigenvalue weighted by molar-refractivity contribution is 6.09. The van der Waals surface area contributed by atoms with Gasteiger partial charge in [0.2, 0.25) is 5.88 Å². The van der Waals surface area contributed by atoms with Crippen molar-refractivity contribution in [1.29, 1.82) is 0 Å². The molecule has 3 heterocycles. The van der Waals surface area contributed by atoms with Gasteiger partial charge in [-0.05, 0) is 65.9 Å². The van der Waals surface area contributed by atoms with Crippen molar-refractivity contribution in [3.8, 4) is 23.2 Å². The molecule has 1 N–H and O–H groups in total. The molecule has 0 saturated carbocycles. The van der Waals surface area contributed by atoms with Crippen molar-refractivity contribution >= 4 is 32.7 Å². The fraction of sp³-hybridized carbons (Fsp3) is 0.188. The quantitative estimate of drug-likeness (QED) is 0.273. The highest BCUT2D eigenvalue weighted by Gasteiger charge is 2.19. The number of benzene rings is 3. The number of aromatic hydroxyl groups is 1. The van der Waals surface area contributed by atoms with Crippen molar-refractivity contribution in [2.75, 3.05) is 0 Å². The molecule has 5 nitrogen and oxygen atoms in total. The number of hydrogen-bond acceptors (Lipinski definition) is 4. The minimum atomic E-state index is 0.0410. The summed E-state index contributed by atoms with van der Waals surface area (Å²) in [6.45, 7) is 8.83. The first-order chi connectivity index (χ1) is 17.8. The fourth-order valence-corrected chi connectivity index (χ4v) is 4.86. The third-order valence-electron chi connectivity index (χ3n) is 6.88. The summed E-state index contributed by atoms with van der Waals surface area (Å²) < 4.78 is 8.41. The van der Waals surface area contributed by atoms with Gasteiger partial charge in [-0.15, -0.1) is 0 Å². The number of rotatable bonds is 4. The molecule has 5 heteroatoms. The zero-order valence-corrected chi connectivity index (χ0v) is 21.5. The molecule has 6 rings (SSSR count). The van der Waals surface area contributed by atoms with Gasteiger partial charge in [0.15, 0.2) is 0 Å². The van der Waals surface area contributed by atoms with Crippen LogP contribution in [-0.4, -0.2) is 19.6 Å². The molecular formula is C32H29N3O2. The molecule has 0 unspecified atom stereocenters. The van der Waals surface area contributed by atoms with Crippen LogP contribution in [0.2, 0.25) is 0 Å². The van der Waals surface area contributed by atoms with Crippen LogP contribution in [0.4, 0.5) is 0 Å². The van der Waals surface area contributed by atoms with E-state index >= 15 is 0 Å². The molecule has 0 amide bonds. The molecule has 0 radical (unpaired) electrons. The highest BCUT2D eigenvalue weighted by Crippen LogP contribution is 2.37. The van der Waals surface area contributed by atoms with Gasteiger partial charge in [-0.3, -0.25) is 4.57 Å². The van der Waals surface area contributed by atoms with Crippen LogP contribution in [0.3, 0.4) is 0 Å². The second-order valence-corrected chi connectivity index (χ2v) is 10.4. The number of ether oxygens (including phenoxy) is 1. The lowest BCUT2D eigenvalue weighted by Crippen LogP contribution is -2.10. The zero-order chi connectivity index (χ0) is 25.7. The van der Waals surface area contributed by atoms with E-state index in [1.807, 2.05) is 30.3 Å². The van der Waals surface area contributed by atoms with Crippen molar-refractivity contribution in [2.45, 2.75) is 39.5 Å². The Kier molecular flexibility index (Phi) is 5.37. The number of fused-ring (bicyclic) bond motifs is 4. The lowest BCUT2D eigenvalue weighted by molar-refractivity contribution is 0.460. The van der Waals surface area contributed by atoms with Crippen LogP contribution in [0.1, 0.15) is 39.0 Å². The van der Waals surface area contributed by atoms with E-state index in [4.69, 9.17) is 9.72 Å². The first kappa shape index (κ1) is 23.0. The third-order valence-corrected chi connectivity index (χ3v) is 6.88. The van der Waals surface area contributed by atoms with E-state index < -0.39 is 0 Å². The number of aromatic nitrogens is 3. The molecule has 0 aliphatic rings. The Morgan fingerprint density at radius 3 is 2.46 bits per heavy atom. The Balaban J connectivity index is 1.54. The van der Waals surface area contributed by atoms with E-state index in [1.165, 1.54) is 10.9 Å². The van der Waals surface area contributed by atoms with Gasteiger partial charge in [0.1, 0.15) is 22.8 Å². The molecule has 37 heavy (non-hydrogen) atoms. The average molecular weight is 488 g/mol. The molecule has 0 atom stereocenters. The largest absolute Gasteiger partial charge is 0.506 e. The molecule has 0 saturated heterocycles. The van der Waals surface area contributed by atoms with Gasteiger partial charge < -0.3 is 9.84 Å². The molecule has 3 aromatic heterocycles. The Morgan fingerprint density at radius 2 is 1.65 bits per heavy atom. The summed E-state index contributed by atoms with van der Waals surface area (Å²) in [4.78, 5) is 9.49. The van der Waals surface area contributed by atoms with Crippen LogP contribution in [-0.2, 0) is 11.8 Å². The van der Waals surface area contributed by atoms with Gasteiger partial charge in [0, 0.05) is 34.0 Å². The Morgan fingerprint density at radius 1 is 0.811 bits per heavy atom. The van der Waals surface area contributed by atoms with E-state index in [2.05, 4.69) is 79.7 Å². The first-order valence-corrected chi connectivity index (χ1v) is 12.6. The number of para-hydroxylation sites is 1. The molecule has 0 bridgehead atoms. The van der Waals surface area contributed by atoms with Crippen LogP contribution < -0.4 is 4.74 Å². The molecular weight excluding hydrogens is 458 g/mol. The SMILES string of the molecule is CCc1cccc(-n2c3ccc(C(C)(C)C)cc3c3ccc(Oc4ccc5cccc(O)c5n4)cc32)n1. The van der Waals surface area contributed by atoms with Crippen molar-refractivity contribution < 1.29 is 9.84 Å². The smallest absolute Gasteiger partial charge is 0.219 e. The Hall–Kier alpha value is -4.38. The van der Waals surface area contributed by atoms with E-state index in [0.29, 0.717) is 17.1 Å². The summed E-state index contributed by atoms with van der Waals surface area (Å²) in [5, 5.41) is 13.4. The molecule has 0 spiro atoms. The normalized spacial score (nSPS) is 12.0. The van der Waals surface area contributed by atoms with E-state index in [-0.39, 0.29) is 11.2 Å². The van der Waals surface area contributed by atoms with Crippen LogP contribution in [0.5, 0.6) is 17.4 Å². The molecule has 0 aliphatic heterocycles. The monoisotopic (exact) mass is 487 g/mol. The molecule has 0 fully saturated rings. The number of aryl methyl sites for hydroxylation is 1.